The second-order valence-corrected chi connectivity index (χ2v) is 5.38. The van der Waals surface area contributed by atoms with Gasteiger partial charge in [-0.05, 0) is 24.6 Å². The van der Waals surface area contributed by atoms with Gasteiger partial charge in [0, 0.05) is 11.0 Å². The Hall–Kier alpha value is -1.50. The first-order chi connectivity index (χ1) is 8.95. The third-order valence-electron chi connectivity index (χ3n) is 2.38. The number of aliphatic hydroxyl groups excluding tert-OH is 1. The molecule has 4 N–H and O–H groups in total. The molecule has 0 aliphatic heterocycles. The molecular formula is C12H12ClN3O2S. The largest absolute Gasteiger partial charge is 0.389 e. The highest BCUT2D eigenvalue weighted by Gasteiger charge is 2.09. The third kappa shape index (κ3) is 3.50. The van der Waals surface area contributed by atoms with Gasteiger partial charge in [-0.2, -0.15) is 0 Å². The Labute approximate surface area is 118 Å². The van der Waals surface area contributed by atoms with Crippen molar-refractivity contribution in [2.75, 3.05) is 5.73 Å². The SMILES string of the molecule is C[C@@H](O)c1ccc(Sc2nc(N)cc(=O)[nH]2)c(Cl)c1. The van der Waals surface area contributed by atoms with Crippen molar-refractivity contribution in [1.82, 2.24) is 9.97 Å². The van der Waals surface area contributed by atoms with Crippen LogP contribution in [0.4, 0.5) is 5.82 Å². The summed E-state index contributed by atoms with van der Waals surface area (Å²) in [5.74, 6) is 0.156. The maximum atomic E-state index is 11.3. The molecule has 0 fully saturated rings. The fourth-order valence-corrected chi connectivity index (χ4v) is 2.57. The molecule has 0 bridgehead atoms. The van der Waals surface area contributed by atoms with Crippen molar-refractivity contribution in [2.24, 2.45) is 0 Å². The molecule has 0 aliphatic carbocycles. The molecule has 0 saturated heterocycles. The maximum Gasteiger partial charge on any atom is 0.253 e. The molecule has 19 heavy (non-hydrogen) atoms. The molecule has 2 rings (SSSR count). The minimum Gasteiger partial charge on any atom is -0.389 e. The predicted molar refractivity (Wildman–Crippen MR) is 75.5 cm³/mol. The standard InChI is InChI=1S/C12H12ClN3O2S/c1-6(17)7-2-3-9(8(13)4-7)19-12-15-10(14)5-11(18)16-12/h2-6,17H,1H3,(H3,14,15,16,18)/t6-/m1/s1. The van der Waals surface area contributed by atoms with Crippen molar-refractivity contribution in [3.05, 3.63) is 45.2 Å². The number of benzene rings is 1. The molecule has 0 radical (unpaired) electrons. The van der Waals surface area contributed by atoms with Gasteiger partial charge in [0.25, 0.3) is 5.56 Å². The van der Waals surface area contributed by atoms with E-state index in [2.05, 4.69) is 9.97 Å². The van der Waals surface area contributed by atoms with E-state index in [0.29, 0.717) is 10.2 Å². The average Bonchev–Trinajstić information content (AvgIpc) is 2.30. The number of aromatic amines is 1. The lowest BCUT2D eigenvalue weighted by Gasteiger charge is -2.08. The Balaban J connectivity index is 2.30. The predicted octanol–water partition coefficient (Wildman–Crippen LogP) is 2.21. The summed E-state index contributed by atoms with van der Waals surface area (Å²) in [6, 6.07) is 6.42. The molecule has 0 spiro atoms. The smallest absolute Gasteiger partial charge is 0.253 e. The molecule has 0 unspecified atom stereocenters. The van der Waals surface area contributed by atoms with Crippen molar-refractivity contribution in [3.63, 3.8) is 0 Å². The fraction of sp³-hybridized carbons (Fsp3) is 0.167. The highest BCUT2D eigenvalue weighted by Crippen LogP contribution is 2.32. The summed E-state index contributed by atoms with van der Waals surface area (Å²) in [4.78, 5) is 18.6. The normalized spacial score (nSPS) is 12.4. The van der Waals surface area contributed by atoms with Crippen LogP contribution in [0.15, 0.2) is 39.1 Å². The third-order valence-corrected chi connectivity index (χ3v) is 3.77. The molecule has 1 aromatic heterocycles. The van der Waals surface area contributed by atoms with Gasteiger partial charge in [-0.3, -0.25) is 4.79 Å². The first-order valence-corrected chi connectivity index (χ1v) is 6.67. The monoisotopic (exact) mass is 297 g/mol. The molecule has 1 heterocycles. The summed E-state index contributed by atoms with van der Waals surface area (Å²) >= 11 is 7.32. The molecule has 7 heteroatoms. The van der Waals surface area contributed by atoms with Crippen LogP contribution < -0.4 is 11.3 Å². The van der Waals surface area contributed by atoms with Crippen molar-refractivity contribution in [3.8, 4) is 0 Å². The van der Waals surface area contributed by atoms with Gasteiger partial charge in [0.1, 0.15) is 5.82 Å². The van der Waals surface area contributed by atoms with Crippen molar-refractivity contribution >= 4 is 29.2 Å². The number of aromatic nitrogens is 2. The van der Waals surface area contributed by atoms with Crippen LogP contribution in [0.2, 0.25) is 5.02 Å². The highest BCUT2D eigenvalue weighted by molar-refractivity contribution is 7.99. The lowest BCUT2D eigenvalue weighted by Crippen LogP contribution is -2.09. The van der Waals surface area contributed by atoms with Gasteiger partial charge in [-0.1, -0.05) is 29.4 Å². The van der Waals surface area contributed by atoms with E-state index in [1.807, 2.05) is 0 Å². The van der Waals surface area contributed by atoms with E-state index in [1.165, 1.54) is 17.8 Å². The number of H-pyrrole nitrogens is 1. The zero-order chi connectivity index (χ0) is 14.0. The second kappa shape index (κ2) is 5.64. The molecule has 100 valence electrons. The highest BCUT2D eigenvalue weighted by atomic mass is 35.5. The number of anilines is 1. The van der Waals surface area contributed by atoms with Gasteiger partial charge < -0.3 is 15.8 Å². The molecular weight excluding hydrogens is 286 g/mol. The van der Waals surface area contributed by atoms with Crippen LogP contribution >= 0.6 is 23.4 Å². The molecule has 0 amide bonds. The number of halogens is 1. The molecule has 1 atom stereocenters. The number of aliphatic hydroxyl groups is 1. The Kier molecular flexibility index (Phi) is 4.14. The topological polar surface area (TPSA) is 92.0 Å². The van der Waals surface area contributed by atoms with E-state index >= 15 is 0 Å². The summed E-state index contributed by atoms with van der Waals surface area (Å²) < 4.78 is 0. The minimum atomic E-state index is -0.582. The molecule has 1 aromatic carbocycles. The van der Waals surface area contributed by atoms with E-state index in [-0.39, 0.29) is 11.4 Å². The second-order valence-electron chi connectivity index (χ2n) is 3.94. The van der Waals surface area contributed by atoms with E-state index in [0.717, 1.165) is 10.5 Å². The van der Waals surface area contributed by atoms with Crippen molar-refractivity contribution < 1.29 is 5.11 Å². The molecule has 0 aliphatic rings. The Morgan fingerprint density at radius 2 is 2.21 bits per heavy atom. The minimum absolute atomic E-state index is 0.156. The molecule has 0 saturated carbocycles. The number of rotatable bonds is 3. The maximum absolute atomic E-state index is 11.3. The van der Waals surface area contributed by atoms with Gasteiger partial charge in [0.15, 0.2) is 5.16 Å². The summed E-state index contributed by atoms with van der Waals surface area (Å²) in [5, 5.41) is 10.3. The number of hydrogen-bond acceptors (Lipinski definition) is 5. The molecule has 5 nitrogen and oxygen atoms in total. The Morgan fingerprint density at radius 3 is 2.79 bits per heavy atom. The van der Waals surface area contributed by atoms with Crippen LogP contribution in [0.3, 0.4) is 0 Å². The first kappa shape index (κ1) is 13.9. The van der Waals surface area contributed by atoms with Gasteiger partial charge in [-0.15, -0.1) is 0 Å². The number of nitrogen functional groups attached to an aromatic ring is 1. The van der Waals surface area contributed by atoms with Crippen LogP contribution in [0.5, 0.6) is 0 Å². The quantitative estimate of drug-likeness (QED) is 0.755. The zero-order valence-corrected chi connectivity index (χ0v) is 11.6. The van der Waals surface area contributed by atoms with Crippen molar-refractivity contribution in [2.45, 2.75) is 23.1 Å². The number of nitrogens with two attached hydrogens (primary N) is 1. The van der Waals surface area contributed by atoms with Crippen LogP contribution in [0.25, 0.3) is 0 Å². The lowest BCUT2D eigenvalue weighted by molar-refractivity contribution is 0.199. The van der Waals surface area contributed by atoms with E-state index in [1.54, 1.807) is 25.1 Å². The fourth-order valence-electron chi connectivity index (χ4n) is 1.47. The van der Waals surface area contributed by atoms with Gasteiger partial charge in [0.2, 0.25) is 0 Å². The summed E-state index contributed by atoms with van der Waals surface area (Å²) in [6.07, 6.45) is -0.582. The Morgan fingerprint density at radius 1 is 1.47 bits per heavy atom. The number of hydrogen-bond donors (Lipinski definition) is 3. The zero-order valence-electron chi connectivity index (χ0n) is 10.1. The lowest BCUT2D eigenvalue weighted by atomic mass is 10.1. The summed E-state index contributed by atoms with van der Waals surface area (Å²) in [6.45, 7) is 1.66. The van der Waals surface area contributed by atoms with Crippen LogP contribution in [0, 0.1) is 0 Å². The van der Waals surface area contributed by atoms with Crippen molar-refractivity contribution in [1.29, 1.82) is 0 Å². The van der Waals surface area contributed by atoms with Crippen LogP contribution in [-0.4, -0.2) is 15.1 Å². The first-order valence-electron chi connectivity index (χ1n) is 5.48. The summed E-state index contributed by atoms with van der Waals surface area (Å²) in [7, 11) is 0. The van der Waals surface area contributed by atoms with Crippen LogP contribution in [-0.2, 0) is 0 Å². The van der Waals surface area contributed by atoms with E-state index < -0.39 is 6.10 Å². The average molecular weight is 298 g/mol. The van der Waals surface area contributed by atoms with Gasteiger partial charge in [-0.25, -0.2) is 4.98 Å². The molecule has 2 aromatic rings. The van der Waals surface area contributed by atoms with Crippen LogP contribution in [0.1, 0.15) is 18.6 Å². The van der Waals surface area contributed by atoms with E-state index in [9.17, 15) is 9.90 Å². The van der Waals surface area contributed by atoms with Gasteiger partial charge >= 0.3 is 0 Å². The number of nitrogens with one attached hydrogen (secondary N) is 1. The van der Waals surface area contributed by atoms with Gasteiger partial charge in [0.05, 0.1) is 11.1 Å². The Bertz CT molecular complexity index is 658. The van der Waals surface area contributed by atoms with E-state index in [4.69, 9.17) is 17.3 Å². The number of nitrogens with zero attached hydrogens (tertiary/aromatic N) is 1. The summed E-state index contributed by atoms with van der Waals surface area (Å²) in [5.41, 5.74) is 5.92.